The Labute approximate surface area is 141 Å². The van der Waals surface area contributed by atoms with Crippen LogP contribution in [0.2, 0.25) is 0 Å². The molecule has 1 heterocycles. The maximum absolute atomic E-state index is 12.4. The fraction of sp³-hybridized carbons (Fsp3) is 0.316. The molecule has 0 aliphatic carbocycles. The van der Waals surface area contributed by atoms with Crippen molar-refractivity contribution in [2.24, 2.45) is 5.73 Å². The van der Waals surface area contributed by atoms with Gasteiger partial charge in [-0.1, -0.05) is 29.8 Å². The quantitative estimate of drug-likeness (QED) is 0.885. The van der Waals surface area contributed by atoms with Crippen molar-refractivity contribution in [2.75, 3.05) is 11.9 Å². The average molecular weight is 326 g/mol. The first kappa shape index (κ1) is 16.5. The summed E-state index contributed by atoms with van der Waals surface area (Å²) in [5.41, 5.74) is 7.38. The third kappa shape index (κ3) is 3.93. The van der Waals surface area contributed by atoms with E-state index in [1.807, 2.05) is 55.5 Å². The molecule has 0 saturated carbocycles. The number of carbonyl (C=O) groups is 1. The highest BCUT2D eigenvalue weighted by Crippen LogP contribution is 2.30. The van der Waals surface area contributed by atoms with E-state index in [0.29, 0.717) is 24.4 Å². The number of para-hydroxylation sites is 2. The molecule has 2 aromatic carbocycles. The molecule has 0 unspecified atom stereocenters. The number of aryl methyl sites for hydroxylation is 1. The summed E-state index contributed by atoms with van der Waals surface area (Å²) in [5, 5.41) is 2.90. The Morgan fingerprint density at radius 1 is 1.21 bits per heavy atom. The lowest BCUT2D eigenvalue weighted by Gasteiger charge is -2.15. The maximum Gasteiger partial charge on any atom is 0.253 e. The molecule has 1 amide bonds. The lowest BCUT2D eigenvalue weighted by Crippen LogP contribution is -2.29. The van der Waals surface area contributed by atoms with Gasteiger partial charge >= 0.3 is 0 Å². The van der Waals surface area contributed by atoms with E-state index < -0.39 is 6.10 Å². The monoisotopic (exact) mass is 326 g/mol. The van der Waals surface area contributed by atoms with Crippen LogP contribution in [0.4, 0.5) is 5.69 Å². The Morgan fingerprint density at radius 3 is 2.67 bits per heavy atom. The summed E-state index contributed by atoms with van der Waals surface area (Å²) in [6.07, 6.45) is 1.02. The molecule has 1 aliphatic rings. The summed E-state index contributed by atoms with van der Waals surface area (Å²) in [4.78, 5) is 12.4. The molecule has 0 bridgehead atoms. The number of hydrogen-bond donors (Lipinski definition) is 2. The second-order valence-electron chi connectivity index (χ2n) is 5.96. The van der Waals surface area contributed by atoms with Crippen molar-refractivity contribution < 1.29 is 14.3 Å². The van der Waals surface area contributed by atoms with Crippen LogP contribution in [0.3, 0.4) is 0 Å². The van der Waals surface area contributed by atoms with Crippen LogP contribution in [0, 0.1) is 6.92 Å². The molecule has 0 radical (unpaired) electrons. The number of anilines is 1. The van der Waals surface area contributed by atoms with Crippen molar-refractivity contribution >= 4 is 11.6 Å². The van der Waals surface area contributed by atoms with Crippen LogP contribution in [0.5, 0.6) is 11.5 Å². The second-order valence-corrected chi connectivity index (χ2v) is 5.96. The molecule has 5 heteroatoms. The molecule has 2 atom stereocenters. The summed E-state index contributed by atoms with van der Waals surface area (Å²) in [6, 6.07) is 15.1. The number of rotatable bonds is 5. The third-order valence-electron chi connectivity index (χ3n) is 4.06. The van der Waals surface area contributed by atoms with E-state index >= 15 is 0 Å². The van der Waals surface area contributed by atoms with Crippen LogP contribution in [0.1, 0.15) is 18.4 Å². The van der Waals surface area contributed by atoms with Crippen molar-refractivity contribution in [1.29, 1.82) is 0 Å². The highest BCUT2D eigenvalue weighted by molar-refractivity contribution is 5.95. The lowest BCUT2D eigenvalue weighted by molar-refractivity contribution is -0.126. The second kappa shape index (κ2) is 7.47. The fourth-order valence-electron chi connectivity index (χ4n) is 2.68. The van der Waals surface area contributed by atoms with Crippen LogP contribution < -0.4 is 15.8 Å². The summed E-state index contributed by atoms with van der Waals surface area (Å²) in [6.45, 7) is 2.46. The molecular formula is C19H22N2O3. The summed E-state index contributed by atoms with van der Waals surface area (Å²) >= 11 is 0. The largest absolute Gasteiger partial charge is 0.455 e. The first-order chi connectivity index (χ1) is 11.7. The van der Waals surface area contributed by atoms with Gasteiger partial charge in [-0.2, -0.15) is 0 Å². The number of nitrogens with one attached hydrogen (secondary N) is 1. The van der Waals surface area contributed by atoms with Crippen molar-refractivity contribution in [3.05, 3.63) is 54.1 Å². The number of nitrogens with two attached hydrogens (primary N) is 1. The van der Waals surface area contributed by atoms with Gasteiger partial charge in [-0.25, -0.2) is 0 Å². The molecule has 1 aliphatic heterocycles. The predicted octanol–water partition coefficient (Wildman–Crippen LogP) is 3.23. The highest BCUT2D eigenvalue weighted by atomic mass is 16.5. The van der Waals surface area contributed by atoms with Crippen molar-refractivity contribution in [3.63, 3.8) is 0 Å². The first-order valence-corrected chi connectivity index (χ1v) is 8.15. The number of benzene rings is 2. The minimum absolute atomic E-state index is 0.0280. The molecule has 3 rings (SSSR count). The zero-order chi connectivity index (χ0) is 16.9. The molecular weight excluding hydrogens is 304 g/mol. The van der Waals surface area contributed by atoms with E-state index in [9.17, 15) is 4.79 Å². The van der Waals surface area contributed by atoms with E-state index in [2.05, 4.69) is 5.32 Å². The van der Waals surface area contributed by atoms with Crippen LogP contribution >= 0.6 is 0 Å². The summed E-state index contributed by atoms with van der Waals surface area (Å²) < 4.78 is 11.5. The first-order valence-electron chi connectivity index (χ1n) is 8.15. The molecule has 24 heavy (non-hydrogen) atoms. The zero-order valence-electron chi connectivity index (χ0n) is 13.7. The Balaban J connectivity index is 1.70. The van der Waals surface area contributed by atoms with Gasteiger partial charge in [0, 0.05) is 6.54 Å². The number of amides is 1. The number of hydrogen-bond acceptors (Lipinski definition) is 4. The molecule has 3 N–H and O–H groups in total. The van der Waals surface area contributed by atoms with Gasteiger partial charge in [0.25, 0.3) is 5.91 Å². The van der Waals surface area contributed by atoms with Crippen molar-refractivity contribution in [2.45, 2.75) is 32.0 Å². The molecule has 0 spiro atoms. The fourth-order valence-corrected chi connectivity index (χ4v) is 2.68. The van der Waals surface area contributed by atoms with Crippen LogP contribution in [0.15, 0.2) is 48.5 Å². The molecule has 1 fully saturated rings. The van der Waals surface area contributed by atoms with Gasteiger partial charge in [0.1, 0.15) is 11.9 Å². The summed E-state index contributed by atoms with van der Waals surface area (Å²) in [5.74, 6) is 1.16. The van der Waals surface area contributed by atoms with E-state index in [1.54, 1.807) is 0 Å². The zero-order valence-corrected chi connectivity index (χ0v) is 13.7. The molecule has 1 saturated heterocycles. The SMILES string of the molecule is Cc1ccc(Oc2ccccc2NC(=O)[C@@H]2CC[C@H](CN)O2)cc1. The summed E-state index contributed by atoms with van der Waals surface area (Å²) in [7, 11) is 0. The van der Waals surface area contributed by atoms with Gasteiger partial charge < -0.3 is 20.5 Å². The van der Waals surface area contributed by atoms with Gasteiger partial charge in [0.2, 0.25) is 0 Å². The maximum atomic E-state index is 12.4. The van der Waals surface area contributed by atoms with Gasteiger partial charge in [-0.05, 0) is 44.0 Å². The van der Waals surface area contributed by atoms with E-state index in [4.69, 9.17) is 15.2 Å². The van der Waals surface area contributed by atoms with E-state index in [-0.39, 0.29) is 12.0 Å². The van der Waals surface area contributed by atoms with Gasteiger partial charge in [-0.15, -0.1) is 0 Å². The van der Waals surface area contributed by atoms with E-state index in [1.165, 1.54) is 0 Å². The Kier molecular flexibility index (Phi) is 5.13. The molecule has 5 nitrogen and oxygen atoms in total. The lowest BCUT2D eigenvalue weighted by atomic mass is 10.2. The van der Waals surface area contributed by atoms with E-state index in [0.717, 1.165) is 17.7 Å². The normalized spacial score (nSPS) is 19.9. The van der Waals surface area contributed by atoms with Gasteiger partial charge in [0.15, 0.2) is 5.75 Å². The third-order valence-corrected chi connectivity index (χ3v) is 4.06. The van der Waals surface area contributed by atoms with Crippen molar-refractivity contribution in [3.8, 4) is 11.5 Å². The van der Waals surface area contributed by atoms with Gasteiger partial charge in [0.05, 0.1) is 11.8 Å². The van der Waals surface area contributed by atoms with Crippen LogP contribution in [-0.2, 0) is 9.53 Å². The predicted molar refractivity (Wildman–Crippen MR) is 93.3 cm³/mol. The standard InChI is InChI=1S/C19H22N2O3/c1-13-6-8-14(9-7-13)23-17-5-3-2-4-16(17)21-19(22)18-11-10-15(12-20)24-18/h2-9,15,18H,10-12,20H2,1H3,(H,21,22)/t15-,18+/m1/s1. The highest BCUT2D eigenvalue weighted by Gasteiger charge is 2.30. The van der Waals surface area contributed by atoms with Gasteiger partial charge in [-0.3, -0.25) is 4.79 Å². The minimum Gasteiger partial charge on any atom is -0.455 e. The Morgan fingerprint density at radius 2 is 1.96 bits per heavy atom. The number of carbonyl (C=O) groups excluding carboxylic acids is 1. The molecule has 2 aromatic rings. The topological polar surface area (TPSA) is 73.6 Å². The number of ether oxygens (including phenoxy) is 2. The Bertz CT molecular complexity index is 700. The average Bonchev–Trinajstić information content (AvgIpc) is 3.08. The molecule has 0 aromatic heterocycles. The Hall–Kier alpha value is -2.37. The molecule has 126 valence electrons. The smallest absolute Gasteiger partial charge is 0.253 e. The van der Waals surface area contributed by atoms with Crippen molar-refractivity contribution in [1.82, 2.24) is 0 Å². The minimum atomic E-state index is -0.453. The van der Waals surface area contributed by atoms with Crippen LogP contribution in [-0.4, -0.2) is 24.7 Å². The van der Waals surface area contributed by atoms with Crippen LogP contribution in [0.25, 0.3) is 0 Å².